The lowest BCUT2D eigenvalue weighted by Gasteiger charge is -2.24. The molecular weight excluding hydrogens is 387 g/mol. The fourth-order valence-electron chi connectivity index (χ4n) is 2.00. The number of rotatable bonds is 9. The van der Waals surface area contributed by atoms with Crippen molar-refractivity contribution in [2.45, 2.75) is 25.1 Å². The minimum atomic E-state index is -4.70. The molecule has 0 spiro atoms. The van der Waals surface area contributed by atoms with Gasteiger partial charge in [0.2, 0.25) is 0 Å². The van der Waals surface area contributed by atoms with E-state index in [9.17, 15) is 30.0 Å². The first-order valence-electron chi connectivity index (χ1n) is 6.98. The first-order valence-corrected chi connectivity index (χ1v) is 10.6. The van der Waals surface area contributed by atoms with Crippen LogP contribution in [0, 0.1) is 5.92 Å². The zero-order valence-electron chi connectivity index (χ0n) is 13.4. The summed E-state index contributed by atoms with van der Waals surface area (Å²) in [5.41, 5.74) is 0.0196. The molecule has 0 aromatic carbocycles. The minimum absolute atomic E-state index is 0.0196. The molecule has 2 atom stereocenters. The first kappa shape index (κ1) is 21.8. The van der Waals surface area contributed by atoms with Crippen LogP contribution in [0.1, 0.15) is 24.6 Å². The number of alkyl halides is 3. The summed E-state index contributed by atoms with van der Waals surface area (Å²) in [6.07, 6.45) is -4.84. The molecule has 0 N–H and O–H groups in total. The number of aromatic nitrogens is 1. The zero-order valence-corrected chi connectivity index (χ0v) is 15.1. The summed E-state index contributed by atoms with van der Waals surface area (Å²) >= 11 is 0. The van der Waals surface area contributed by atoms with Crippen molar-refractivity contribution in [1.82, 2.24) is 4.98 Å². The third kappa shape index (κ3) is 9.14. The normalized spacial score (nSPS) is 15.7. The van der Waals surface area contributed by atoms with E-state index >= 15 is 0 Å². The average molecular weight is 405 g/mol. The molecule has 0 aliphatic rings. The number of halogens is 3. The van der Waals surface area contributed by atoms with Crippen LogP contribution in [-0.4, -0.2) is 47.1 Å². The SMILES string of the molecule is CS(=O)(=O)OCCC(CC(OS(C)(=O)=O)c1ccccn1)C(F)(F)F. The van der Waals surface area contributed by atoms with E-state index in [0.717, 1.165) is 12.5 Å². The minimum Gasteiger partial charge on any atom is -0.270 e. The summed E-state index contributed by atoms with van der Waals surface area (Å²) < 4.78 is 93.2. The van der Waals surface area contributed by atoms with Crippen LogP contribution in [0.5, 0.6) is 0 Å². The molecule has 0 bridgehead atoms. The van der Waals surface area contributed by atoms with Crippen molar-refractivity contribution in [1.29, 1.82) is 0 Å². The van der Waals surface area contributed by atoms with Crippen molar-refractivity contribution < 1.29 is 38.4 Å². The number of nitrogens with zero attached hydrogens (tertiary/aromatic N) is 1. The van der Waals surface area contributed by atoms with Gasteiger partial charge in [0.25, 0.3) is 20.2 Å². The van der Waals surface area contributed by atoms with Crippen LogP contribution < -0.4 is 0 Å². The summed E-state index contributed by atoms with van der Waals surface area (Å²) in [4.78, 5) is 3.83. The van der Waals surface area contributed by atoms with Crippen LogP contribution in [-0.2, 0) is 28.6 Å². The highest BCUT2D eigenvalue weighted by molar-refractivity contribution is 7.86. The van der Waals surface area contributed by atoms with Gasteiger partial charge in [-0.25, -0.2) is 0 Å². The molecule has 1 aromatic rings. The lowest BCUT2D eigenvalue weighted by molar-refractivity contribution is -0.184. The van der Waals surface area contributed by atoms with E-state index in [1.54, 1.807) is 0 Å². The Kier molecular flexibility index (Phi) is 7.35. The van der Waals surface area contributed by atoms with Gasteiger partial charge in [-0.2, -0.15) is 30.0 Å². The lowest BCUT2D eigenvalue weighted by atomic mass is 9.96. The molecule has 0 saturated heterocycles. The second-order valence-electron chi connectivity index (χ2n) is 5.33. The van der Waals surface area contributed by atoms with Crippen molar-refractivity contribution in [2.24, 2.45) is 5.92 Å². The Morgan fingerprint density at radius 3 is 2.20 bits per heavy atom. The molecular formula is C13H18F3NO6S2. The van der Waals surface area contributed by atoms with Crippen molar-refractivity contribution in [3.05, 3.63) is 30.1 Å². The molecule has 7 nitrogen and oxygen atoms in total. The molecule has 2 unspecified atom stereocenters. The van der Waals surface area contributed by atoms with Gasteiger partial charge in [0.1, 0.15) is 6.10 Å². The van der Waals surface area contributed by atoms with E-state index < -0.39 is 57.9 Å². The molecule has 12 heteroatoms. The Labute approximate surface area is 144 Å². The summed E-state index contributed by atoms with van der Waals surface area (Å²) in [5, 5.41) is 0. The monoisotopic (exact) mass is 405 g/mol. The van der Waals surface area contributed by atoms with Gasteiger partial charge in [-0.1, -0.05) is 6.07 Å². The van der Waals surface area contributed by atoms with E-state index in [2.05, 4.69) is 9.17 Å². The Morgan fingerprint density at radius 1 is 1.12 bits per heavy atom. The van der Waals surface area contributed by atoms with Gasteiger partial charge in [-0.15, -0.1) is 0 Å². The summed E-state index contributed by atoms with van der Waals surface area (Å²) in [6, 6.07) is 4.34. The summed E-state index contributed by atoms with van der Waals surface area (Å²) in [5.74, 6) is -2.04. The van der Waals surface area contributed by atoms with Crippen molar-refractivity contribution in [2.75, 3.05) is 19.1 Å². The van der Waals surface area contributed by atoms with Gasteiger partial charge in [0, 0.05) is 6.20 Å². The van der Waals surface area contributed by atoms with Gasteiger partial charge in [-0.3, -0.25) is 13.4 Å². The maximum atomic E-state index is 13.2. The molecule has 144 valence electrons. The predicted octanol–water partition coefficient (Wildman–Crippen LogP) is 2.03. The number of pyridine rings is 1. The molecule has 0 aliphatic heterocycles. The number of hydrogen-bond acceptors (Lipinski definition) is 7. The van der Waals surface area contributed by atoms with Gasteiger partial charge in [0.05, 0.1) is 30.7 Å². The van der Waals surface area contributed by atoms with Crippen LogP contribution >= 0.6 is 0 Å². The van der Waals surface area contributed by atoms with Gasteiger partial charge in [-0.05, 0) is 25.0 Å². The number of hydrogen-bond donors (Lipinski definition) is 0. The van der Waals surface area contributed by atoms with E-state index in [4.69, 9.17) is 4.18 Å². The van der Waals surface area contributed by atoms with Crippen molar-refractivity contribution in [3.63, 3.8) is 0 Å². The van der Waals surface area contributed by atoms with Crippen LogP contribution in [0.3, 0.4) is 0 Å². The Morgan fingerprint density at radius 2 is 1.76 bits per heavy atom. The summed E-state index contributed by atoms with van der Waals surface area (Å²) in [6.45, 7) is -0.684. The topological polar surface area (TPSA) is 99.6 Å². The van der Waals surface area contributed by atoms with Gasteiger partial charge in [0.15, 0.2) is 0 Å². The molecule has 25 heavy (non-hydrogen) atoms. The summed E-state index contributed by atoms with van der Waals surface area (Å²) in [7, 11) is -7.92. The van der Waals surface area contributed by atoms with E-state index in [1.807, 2.05) is 0 Å². The molecule has 1 rings (SSSR count). The first-order chi connectivity index (χ1) is 11.3. The molecule has 0 fully saturated rings. The van der Waals surface area contributed by atoms with E-state index in [-0.39, 0.29) is 5.69 Å². The standard InChI is InChI=1S/C13H18F3NO6S2/c1-24(18,19)22-8-6-10(13(14,15)16)9-12(23-25(2,20)21)11-5-3-4-7-17-11/h3-5,7,10,12H,6,8-9H2,1-2H3. The second kappa shape index (κ2) is 8.43. The quantitative estimate of drug-likeness (QED) is 0.580. The van der Waals surface area contributed by atoms with Crippen molar-refractivity contribution in [3.8, 4) is 0 Å². The fraction of sp³-hybridized carbons (Fsp3) is 0.615. The molecule has 0 saturated carbocycles. The van der Waals surface area contributed by atoms with Crippen LogP contribution in [0.25, 0.3) is 0 Å². The Hall–Kier alpha value is -1.24. The van der Waals surface area contributed by atoms with E-state index in [0.29, 0.717) is 0 Å². The third-order valence-electron chi connectivity index (χ3n) is 3.03. The largest absolute Gasteiger partial charge is 0.392 e. The zero-order chi connectivity index (χ0) is 19.3. The smallest absolute Gasteiger partial charge is 0.270 e. The fourth-order valence-corrected chi connectivity index (χ4v) is 3.00. The molecule has 1 aromatic heterocycles. The average Bonchev–Trinajstić information content (AvgIpc) is 2.42. The van der Waals surface area contributed by atoms with Crippen LogP contribution in [0.2, 0.25) is 0 Å². The second-order valence-corrected chi connectivity index (χ2v) is 8.58. The molecule has 1 heterocycles. The third-order valence-corrected chi connectivity index (χ3v) is 4.21. The van der Waals surface area contributed by atoms with Gasteiger partial charge >= 0.3 is 6.18 Å². The maximum absolute atomic E-state index is 13.2. The molecule has 0 radical (unpaired) electrons. The van der Waals surface area contributed by atoms with Crippen LogP contribution in [0.4, 0.5) is 13.2 Å². The highest BCUT2D eigenvalue weighted by atomic mass is 32.2. The maximum Gasteiger partial charge on any atom is 0.392 e. The van der Waals surface area contributed by atoms with E-state index in [1.165, 1.54) is 24.4 Å². The Bertz CT molecular complexity index is 750. The van der Waals surface area contributed by atoms with Gasteiger partial charge < -0.3 is 0 Å². The Balaban J connectivity index is 2.98. The van der Waals surface area contributed by atoms with Crippen LogP contribution in [0.15, 0.2) is 24.4 Å². The predicted molar refractivity (Wildman–Crippen MR) is 82.5 cm³/mol. The molecule has 0 amide bonds. The van der Waals surface area contributed by atoms with Crippen molar-refractivity contribution >= 4 is 20.2 Å². The highest BCUT2D eigenvalue weighted by Gasteiger charge is 2.42. The lowest BCUT2D eigenvalue weighted by Crippen LogP contribution is -2.28. The highest BCUT2D eigenvalue weighted by Crippen LogP contribution is 2.37. The molecule has 0 aliphatic carbocycles.